The third-order valence-electron chi connectivity index (χ3n) is 4.22. The number of hydrogen-bond donors (Lipinski definition) is 0. The third-order valence-corrected chi connectivity index (χ3v) is 5.53. The van der Waals surface area contributed by atoms with E-state index in [0.29, 0.717) is 32.5 Å². The number of piperidine rings is 1. The molecule has 8 heteroatoms. The summed E-state index contributed by atoms with van der Waals surface area (Å²) in [5.74, 6) is 0.653. The predicted octanol–water partition coefficient (Wildman–Crippen LogP) is 0.921. The first-order chi connectivity index (χ1) is 10.2. The Morgan fingerprint density at radius 2 is 1.95 bits per heavy atom. The number of sulfonamides is 1. The van der Waals surface area contributed by atoms with Gasteiger partial charge in [0.1, 0.15) is 5.76 Å². The molecule has 1 fully saturated rings. The van der Waals surface area contributed by atoms with Crippen molar-refractivity contribution < 1.29 is 17.7 Å². The Labute approximate surface area is 131 Å². The zero-order valence-corrected chi connectivity index (χ0v) is 14.3. The number of carbonyl (C=O) groups is 1. The summed E-state index contributed by atoms with van der Waals surface area (Å²) < 4.78 is 29.5. The number of aryl methyl sites for hydroxylation is 2. The van der Waals surface area contributed by atoms with E-state index in [1.54, 1.807) is 11.9 Å². The summed E-state index contributed by atoms with van der Waals surface area (Å²) in [4.78, 5) is 14.2. The molecule has 0 N–H and O–H groups in total. The van der Waals surface area contributed by atoms with Gasteiger partial charge in [-0.1, -0.05) is 5.16 Å². The van der Waals surface area contributed by atoms with Gasteiger partial charge in [-0.25, -0.2) is 12.7 Å². The van der Waals surface area contributed by atoms with Crippen molar-refractivity contribution in [1.29, 1.82) is 0 Å². The van der Waals surface area contributed by atoms with Crippen LogP contribution in [0.15, 0.2) is 4.52 Å². The van der Waals surface area contributed by atoms with Gasteiger partial charge >= 0.3 is 0 Å². The van der Waals surface area contributed by atoms with Crippen molar-refractivity contribution in [2.45, 2.75) is 33.2 Å². The number of nitrogens with zero attached hydrogens (tertiary/aromatic N) is 3. The van der Waals surface area contributed by atoms with E-state index in [2.05, 4.69) is 5.16 Å². The Morgan fingerprint density at radius 3 is 2.41 bits per heavy atom. The highest BCUT2D eigenvalue weighted by atomic mass is 32.2. The van der Waals surface area contributed by atoms with E-state index in [4.69, 9.17) is 4.52 Å². The number of hydrogen-bond acceptors (Lipinski definition) is 5. The van der Waals surface area contributed by atoms with Crippen molar-refractivity contribution in [2.75, 3.05) is 26.4 Å². The normalized spacial score (nSPS) is 17.6. The van der Waals surface area contributed by atoms with E-state index in [0.717, 1.165) is 17.0 Å². The van der Waals surface area contributed by atoms with Gasteiger partial charge in [0, 0.05) is 31.6 Å². The third kappa shape index (κ3) is 3.67. The summed E-state index contributed by atoms with van der Waals surface area (Å²) in [5.41, 5.74) is 1.73. The minimum Gasteiger partial charge on any atom is -0.361 e. The second-order valence-electron chi connectivity index (χ2n) is 5.93. The minimum atomic E-state index is -3.16. The van der Waals surface area contributed by atoms with Crippen molar-refractivity contribution in [2.24, 2.45) is 5.92 Å². The van der Waals surface area contributed by atoms with E-state index in [1.807, 2.05) is 13.8 Å². The highest BCUT2D eigenvalue weighted by molar-refractivity contribution is 7.88. The first-order valence-electron chi connectivity index (χ1n) is 7.32. The van der Waals surface area contributed by atoms with Gasteiger partial charge in [0.05, 0.1) is 18.5 Å². The Bertz CT molecular complexity index is 626. The van der Waals surface area contributed by atoms with Crippen LogP contribution in [0.25, 0.3) is 0 Å². The zero-order valence-electron chi connectivity index (χ0n) is 13.5. The van der Waals surface area contributed by atoms with Crippen LogP contribution in [-0.4, -0.2) is 55.1 Å². The molecule has 2 heterocycles. The lowest BCUT2D eigenvalue weighted by atomic mass is 9.96. The molecule has 0 bridgehead atoms. The Morgan fingerprint density at radius 1 is 1.36 bits per heavy atom. The molecule has 0 aliphatic carbocycles. The molecular formula is C14H23N3O4S. The summed E-state index contributed by atoms with van der Waals surface area (Å²) in [5, 5.41) is 3.89. The van der Waals surface area contributed by atoms with Crippen LogP contribution in [0.5, 0.6) is 0 Å². The van der Waals surface area contributed by atoms with Crippen molar-refractivity contribution >= 4 is 15.9 Å². The average Bonchev–Trinajstić information content (AvgIpc) is 2.77. The molecule has 1 amide bonds. The molecular weight excluding hydrogens is 306 g/mol. The Hall–Kier alpha value is -1.41. The smallest absolute Gasteiger partial charge is 0.225 e. The van der Waals surface area contributed by atoms with E-state index in [9.17, 15) is 13.2 Å². The van der Waals surface area contributed by atoms with E-state index in [-0.39, 0.29) is 11.8 Å². The van der Waals surface area contributed by atoms with Gasteiger partial charge in [-0.05, 0) is 26.7 Å². The van der Waals surface area contributed by atoms with Crippen LogP contribution >= 0.6 is 0 Å². The first kappa shape index (κ1) is 17.0. The van der Waals surface area contributed by atoms with Crippen molar-refractivity contribution in [3.05, 3.63) is 17.0 Å². The number of carbonyl (C=O) groups excluding carboxylic acids is 1. The average molecular weight is 329 g/mol. The zero-order chi connectivity index (χ0) is 16.5. The second kappa shape index (κ2) is 6.37. The van der Waals surface area contributed by atoms with Crippen LogP contribution in [0.4, 0.5) is 0 Å². The number of aromatic nitrogens is 1. The van der Waals surface area contributed by atoms with Gasteiger partial charge in [0.2, 0.25) is 15.9 Å². The van der Waals surface area contributed by atoms with Crippen molar-refractivity contribution in [3.63, 3.8) is 0 Å². The molecule has 7 nitrogen and oxygen atoms in total. The first-order valence-corrected chi connectivity index (χ1v) is 9.17. The molecule has 1 aliphatic rings. The van der Waals surface area contributed by atoms with Crippen molar-refractivity contribution in [3.8, 4) is 0 Å². The number of rotatable bonds is 4. The fraction of sp³-hybridized carbons (Fsp3) is 0.714. The molecule has 0 aromatic carbocycles. The van der Waals surface area contributed by atoms with E-state index in [1.165, 1.54) is 10.6 Å². The molecule has 1 saturated heterocycles. The molecule has 22 heavy (non-hydrogen) atoms. The van der Waals surface area contributed by atoms with Crippen LogP contribution < -0.4 is 0 Å². The number of amides is 1. The maximum atomic E-state index is 12.5. The molecule has 0 radical (unpaired) electrons. The predicted molar refractivity (Wildman–Crippen MR) is 81.6 cm³/mol. The molecule has 0 atom stereocenters. The highest BCUT2D eigenvalue weighted by Crippen LogP contribution is 2.22. The maximum absolute atomic E-state index is 12.5. The monoisotopic (exact) mass is 329 g/mol. The summed E-state index contributed by atoms with van der Waals surface area (Å²) in [6.45, 7) is 4.97. The standard InChI is InChI=1S/C14H23N3O4S/c1-10-13(11(2)21-15-10)9-16(3)14(18)12-5-7-17(8-6-12)22(4,19)20/h12H,5-9H2,1-4H3. The summed E-state index contributed by atoms with van der Waals surface area (Å²) >= 11 is 0. The lowest BCUT2D eigenvalue weighted by Crippen LogP contribution is -2.43. The fourth-order valence-corrected chi connectivity index (χ4v) is 3.66. The van der Waals surface area contributed by atoms with Gasteiger partial charge in [0.15, 0.2) is 0 Å². The lowest BCUT2D eigenvalue weighted by molar-refractivity contribution is -0.135. The lowest BCUT2D eigenvalue weighted by Gasteiger charge is -2.31. The second-order valence-corrected chi connectivity index (χ2v) is 7.92. The highest BCUT2D eigenvalue weighted by Gasteiger charge is 2.30. The van der Waals surface area contributed by atoms with Crippen LogP contribution in [0.1, 0.15) is 29.9 Å². The van der Waals surface area contributed by atoms with Crippen LogP contribution in [0.2, 0.25) is 0 Å². The molecule has 0 saturated carbocycles. The SMILES string of the molecule is Cc1noc(C)c1CN(C)C(=O)C1CCN(S(C)(=O)=O)CC1. The summed E-state index contributed by atoms with van der Waals surface area (Å²) in [6, 6.07) is 0. The molecule has 1 aliphatic heterocycles. The largest absolute Gasteiger partial charge is 0.361 e. The molecule has 2 rings (SSSR count). The summed E-state index contributed by atoms with van der Waals surface area (Å²) in [7, 11) is -1.40. The molecule has 0 unspecified atom stereocenters. The topological polar surface area (TPSA) is 83.7 Å². The van der Waals surface area contributed by atoms with Gasteiger partial charge in [-0.15, -0.1) is 0 Å². The van der Waals surface area contributed by atoms with E-state index < -0.39 is 10.0 Å². The van der Waals surface area contributed by atoms with Crippen LogP contribution in [-0.2, 0) is 21.4 Å². The Kier molecular flexibility index (Phi) is 4.91. The van der Waals surface area contributed by atoms with Crippen LogP contribution in [0, 0.1) is 19.8 Å². The Balaban J connectivity index is 1.95. The maximum Gasteiger partial charge on any atom is 0.225 e. The quantitative estimate of drug-likeness (QED) is 0.820. The fourth-order valence-electron chi connectivity index (χ4n) is 2.79. The molecule has 1 aromatic heterocycles. The summed E-state index contributed by atoms with van der Waals surface area (Å²) in [6.07, 6.45) is 2.34. The van der Waals surface area contributed by atoms with E-state index >= 15 is 0 Å². The molecule has 0 spiro atoms. The van der Waals surface area contributed by atoms with Crippen LogP contribution in [0.3, 0.4) is 0 Å². The van der Waals surface area contributed by atoms with Gasteiger partial charge in [-0.2, -0.15) is 0 Å². The van der Waals surface area contributed by atoms with Gasteiger partial charge < -0.3 is 9.42 Å². The van der Waals surface area contributed by atoms with Gasteiger partial charge in [-0.3, -0.25) is 4.79 Å². The van der Waals surface area contributed by atoms with Crippen molar-refractivity contribution in [1.82, 2.24) is 14.4 Å². The van der Waals surface area contributed by atoms with Gasteiger partial charge in [0.25, 0.3) is 0 Å². The minimum absolute atomic E-state index is 0.0492. The molecule has 124 valence electrons. The molecule has 1 aromatic rings.